The van der Waals surface area contributed by atoms with Crippen molar-refractivity contribution < 1.29 is 14.7 Å². The Balaban J connectivity index is 1.86. The highest BCUT2D eigenvalue weighted by molar-refractivity contribution is 5.84. The van der Waals surface area contributed by atoms with Gasteiger partial charge in [-0.3, -0.25) is 9.78 Å². The van der Waals surface area contributed by atoms with E-state index in [-0.39, 0.29) is 12.3 Å². The van der Waals surface area contributed by atoms with E-state index in [1.54, 1.807) is 24.4 Å². The molecule has 0 aliphatic heterocycles. The summed E-state index contributed by atoms with van der Waals surface area (Å²) in [5, 5.41) is 11.6. The number of carboxylic acids is 1. The Kier molecular flexibility index (Phi) is 3.92. The van der Waals surface area contributed by atoms with Crippen LogP contribution in [0.15, 0.2) is 24.4 Å². The first-order valence-electron chi connectivity index (χ1n) is 6.07. The van der Waals surface area contributed by atoms with Crippen LogP contribution in [0.1, 0.15) is 25.0 Å². The van der Waals surface area contributed by atoms with Gasteiger partial charge < -0.3 is 10.4 Å². The maximum absolute atomic E-state index is 11.7. The summed E-state index contributed by atoms with van der Waals surface area (Å²) in [4.78, 5) is 26.8. The Hall–Kier alpha value is -1.91. The molecule has 2 rings (SSSR count). The molecule has 1 aromatic heterocycles. The summed E-state index contributed by atoms with van der Waals surface area (Å²) in [7, 11) is 0. The first-order chi connectivity index (χ1) is 8.65. The van der Waals surface area contributed by atoms with Crippen molar-refractivity contribution >= 4 is 11.9 Å². The van der Waals surface area contributed by atoms with E-state index >= 15 is 0 Å². The van der Waals surface area contributed by atoms with Gasteiger partial charge in [0.25, 0.3) is 0 Å². The van der Waals surface area contributed by atoms with E-state index in [0.717, 1.165) is 12.8 Å². The van der Waals surface area contributed by atoms with Crippen LogP contribution < -0.4 is 5.32 Å². The van der Waals surface area contributed by atoms with Crippen molar-refractivity contribution in [3.8, 4) is 0 Å². The van der Waals surface area contributed by atoms with E-state index < -0.39 is 12.0 Å². The summed E-state index contributed by atoms with van der Waals surface area (Å²) < 4.78 is 0. The van der Waals surface area contributed by atoms with Gasteiger partial charge in [0.1, 0.15) is 6.04 Å². The molecule has 1 aliphatic carbocycles. The van der Waals surface area contributed by atoms with Gasteiger partial charge in [0, 0.05) is 11.9 Å². The average Bonchev–Trinajstić information content (AvgIpc) is 3.13. The van der Waals surface area contributed by atoms with Crippen LogP contribution >= 0.6 is 0 Å². The SMILES string of the molecule is O=C(Cc1ccccn1)N[C@@H](CC1CC1)C(=O)O. The number of hydrogen-bond acceptors (Lipinski definition) is 3. The van der Waals surface area contributed by atoms with Crippen molar-refractivity contribution in [2.24, 2.45) is 5.92 Å². The number of carbonyl (C=O) groups excluding carboxylic acids is 1. The second-order valence-electron chi connectivity index (χ2n) is 4.64. The van der Waals surface area contributed by atoms with Crippen LogP contribution in [0, 0.1) is 5.92 Å². The van der Waals surface area contributed by atoms with Crippen molar-refractivity contribution in [3.05, 3.63) is 30.1 Å². The lowest BCUT2D eigenvalue weighted by Crippen LogP contribution is -2.41. The lowest BCUT2D eigenvalue weighted by atomic mass is 10.1. The van der Waals surface area contributed by atoms with E-state index in [1.165, 1.54) is 0 Å². The monoisotopic (exact) mass is 248 g/mol. The van der Waals surface area contributed by atoms with Gasteiger partial charge in [0.15, 0.2) is 0 Å². The molecule has 1 saturated carbocycles. The van der Waals surface area contributed by atoms with Gasteiger partial charge in [-0.25, -0.2) is 4.79 Å². The average molecular weight is 248 g/mol. The van der Waals surface area contributed by atoms with Crippen molar-refractivity contribution in [2.45, 2.75) is 31.7 Å². The number of pyridine rings is 1. The largest absolute Gasteiger partial charge is 0.480 e. The van der Waals surface area contributed by atoms with Crippen molar-refractivity contribution in [3.63, 3.8) is 0 Å². The normalized spacial score (nSPS) is 16.0. The number of nitrogens with one attached hydrogen (secondary N) is 1. The van der Waals surface area contributed by atoms with E-state index in [2.05, 4.69) is 10.3 Å². The summed E-state index contributed by atoms with van der Waals surface area (Å²) >= 11 is 0. The minimum absolute atomic E-state index is 0.120. The number of carbonyl (C=O) groups is 2. The van der Waals surface area contributed by atoms with Crippen molar-refractivity contribution in [1.29, 1.82) is 0 Å². The minimum Gasteiger partial charge on any atom is -0.480 e. The Labute approximate surface area is 105 Å². The molecule has 0 bridgehead atoms. The number of amides is 1. The van der Waals surface area contributed by atoms with Crippen LogP contribution in [-0.2, 0) is 16.0 Å². The molecule has 0 saturated heterocycles. The summed E-state index contributed by atoms with van der Waals surface area (Å²) in [6.45, 7) is 0. The van der Waals surface area contributed by atoms with Crippen LogP contribution in [0.2, 0.25) is 0 Å². The molecule has 1 aliphatic rings. The fourth-order valence-electron chi connectivity index (χ4n) is 1.82. The zero-order chi connectivity index (χ0) is 13.0. The maximum Gasteiger partial charge on any atom is 0.326 e. The van der Waals surface area contributed by atoms with Crippen LogP contribution in [0.5, 0.6) is 0 Å². The lowest BCUT2D eigenvalue weighted by Gasteiger charge is -2.13. The second kappa shape index (κ2) is 5.62. The van der Waals surface area contributed by atoms with Gasteiger partial charge in [-0.2, -0.15) is 0 Å². The van der Waals surface area contributed by atoms with Gasteiger partial charge in [0.05, 0.1) is 6.42 Å². The third-order valence-corrected chi connectivity index (χ3v) is 2.97. The Morgan fingerprint density at radius 3 is 2.78 bits per heavy atom. The predicted octanol–water partition coefficient (Wildman–Crippen LogP) is 0.994. The Morgan fingerprint density at radius 2 is 2.22 bits per heavy atom. The molecule has 0 unspecified atom stereocenters. The number of aliphatic carboxylic acids is 1. The van der Waals surface area contributed by atoms with E-state index in [9.17, 15) is 9.59 Å². The van der Waals surface area contributed by atoms with Gasteiger partial charge in [0.2, 0.25) is 5.91 Å². The molecule has 0 radical (unpaired) electrons. The summed E-state index contributed by atoms with van der Waals surface area (Å²) in [5.74, 6) is -0.792. The lowest BCUT2D eigenvalue weighted by molar-refractivity contribution is -0.142. The van der Waals surface area contributed by atoms with Gasteiger partial charge in [-0.05, 0) is 24.5 Å². The zero-order valence-electron chi connectivity index (χ0n) is 10.0. The molecule has 0 spiro atoms. The highest BCUT2D eigenvalue weighted by Gasteiger charge is 2.30. The molecule has 18 heavy (non-hydrogen) atoms. The third kappa shape index (κ3) is 3.84. The summed E-state index contributed by atoms with van der Waals surface area (Å²) in [6.07, 6.45) is 4.40. The quantitative estimate of drug-likeness (QED) is 0.787. The molecule has 96 valence electrons. The molecule has 1 amide bonds. The predicted molar refractivity (Wildman–Crippen MR) is 64.8 cm³/mol. The van der Waals surface area contributed by atoms with E-state index in [4.69, 9.17) is 5.11 Å². The number of aromatic nitrogens is 1. The number of nitrogens with zero attached hydrogens (tertiary/aromatic N) is 1. The maximum atomic E-state index is 11.7. The molecule has 0 aromatic carbocycles. The van der Waals surface area contributed by atoms with Crippen LogP contribution in [0.3, 0.4) is 0 Å². The van der Waals surface area contributed by atoms with E-state index in [0.29, 0.717) is 18.0 Å². The number of carboxylic acid groups (broad SMARTS) is 1. The summed E-state index contributed by atoms with van der Waals surface area (Å²) in [5.41, 5.74) is 0.644. The van der Waals surface area contributed by atoms with Crippen molar-refractivity contribution in [2.75, 3.05) is 0 Å². The smallest absolute Gasteiger partial charge is 0.326 e. The second-order valence-corrected chi connectivity index (χ2v) is 4.64. The van der Waals surface area contributed by atoms with Crippen LogP contribution in [-0.4, -0.2) is 28.0 Å². The molecule has 1 heterocycles. The Bertz CT molecular complexity index is 429. The molecule has 1 aromatic rings. The van der Waals surface area contributed by atoms with Crippen molar-refractivity contribution in [1.82, 2.24) is 10.3 Å². The number of rotatable bonds is 6. The van der Waals surface area contributed by atoms with Gasteiger partial charge in [-0.15, -0.1) is 0 Å². The van der Waals surface area contributed by atoms with Gasteiger partial charge >= 0.3 is 5.97 Å². The molecule has 1 fully saturated rings. The van der Waals surface area contributed by atoms with Gasteiger partial charge in [-0.1, -0.05) is 18.9 Å². The highest BCUT2D eigenvalue weighted by atomic mass is 16.4. The summed E-state index contributed by atoms with van der Waals surface area (Å²) in [6, 6.07) is 4.55. The van der Waals surface area contributed by atoms with Crippen LogP contribution in [0.4, 0.5) is 0 Å². The zero-order valence-corrected chi connectivity index (χ0v) is 10.0. The topological polar surface area (TPSA) is 79.3 Å². The number of hydrogen-bond donors (Lipinski definition) is 2. The molecule has 5 heteroatoms. The third-order valence-electron chi connectivity index (χ3n) is 2.97. The Morgan fingerprint density at radius 1 is 1.44 bits per heavy atom. The molecular weight excluding hydrogens is 232 g/mol. The minimum atomic E-state index is -0.962. The highest BCUT2D eigenvalue weighted by Crippen LogP contribution is 2.33. The molecule has 1 atom stereocenters. The molecule has 5 nitrogen and oxygen atoms in total. The fraction of sp³-hybridized carbons (Fsp3) is 0.462. The first-order valence-corrected chi connectivity index (χ1v) is 6.07. The molecule has 2 N–H and O–H groups in total. The van der Waals surface area contributed by atoms with Crippen LogP contribution in [0.25, 0.3) is 0 Å². The van der Waals surface area contributed by atoms with E-state index in [1.807, 2.05) is 0 Å². The first kappa shape index (κ1) is 12.5. The molecular formula is C13H16N2O3. The standard InChI is InChI=1S/C13H16N2O3/c16-12(8-10-3-1-2-6-14-10)15-11(13(17)18)7-9-4-5-9/h1-3,6,9,11H,4-5,7-8H2,(H,15,16)(H,17,18)/t11-/m0/s1. The fourth-order valence-corrected chi connectivity index (χ4v) is 1.82.